The lowest BCUT2D eigenvalue weighted by molar-refractivity contribution is -0.132. The maximum atomic E-state index is 13.5. The van der Waals surface area contributed by atoms with E-state index in [4.69, 9.17) is 9.47 Å². The molecule has 1 amide bonds. The Balaban J connectivity index is 1.90. The number of benzene rings is 2. The summed E-state index contributed by atoms with van der Waals surface area (Å²) < 4.78 is 10.8. The molecular weight excluding hydrogens is 504 g/mol. The number of carbonyl (C=O) groups excluding carboxylic acids is 3. The van der Waals surface area contributed by atoms with Gasteiger partial charge in [0.05, 0.1) is 30.5 Å². The first-order valence-corrected chi connectivity index (χ1v) is 13.2. The number of rotatable bonds is 8. The number of anilines is 1. The Morgan fingerprint density at radius 3 is 2.45 bits per heavy atom. The Labute approximate surface area is 225 Å². The molecule has 0 spiro atoms. The highest BCUT2D eigenvalue weighted by Gasteiger charge is 2.48. The number of nitrogens with zero attached hydrogens (tertiary/aromatic N) is 2. The fraction of sp³-hybridized carbons (Fsp3) is 0.310. The molecule has 1 N–H and O–H groups in total. The molecule has 0 aliphatic carbocycles. The summed E-state index contributed by atoms with van der Waals surface area (Å²) in [4.78, 5) is 45.4. The van der Waals surface area contributed by atoms with Crippen molar-refractivity contribution in [1.29, 1.82) is 0 Å². The predicted octanol–water partition coefficient (Wildman–Crippen LogP) is 5.66. The third-order valence-corrected chi connectivity index (χ3v) is 7.35. The maximum absolute atomic E-state index is 13.5. The fourth-order valence-electron chi connectivity index (χ4n) is 4.32. The number of hydrogen-bond acceptors (Lipinski definition) is 8. The Hall–Kier alpha value is -3.98. The molecule has 0 radical (unpaired) electrons. The molecule has 1 aliphatic heterocycles. The predicted molar refractivity (Wildman–Crippen MR) is 146 cm³/mol. The van der Waals surface area contributed by atoms with Crippen molar-refractivity contribution in [3.8, 4) is 5.75 Å². The van der Waals surface area contributed by atoms with E-state index in [2.05, 4.69) is 4.98 Å². The minimum atomic E-state index is -0.962. The van der Waals surface area contributed by atoms with E-state index in [1.54, 1.807) is 44.2 Å². The van der Waals surface area contributed by atoms with Gasteiger partial charge >= 0.3 is 11.9 Å². The molecule has 198 valence electrons. The number of amides is 1. The number of carbonyl (C=O) groups is 3. The van der Waals surface area contributed by atoms with Crippen LogP contribution in [0.25, 0.3) is 5.76 Å². The zero-order valence-corrected chi connectivity index (χ0v) is 22.8. The van der Waals surface area contributed by atoms with Crippen LogP contribution in [0.1, 0.15) is 63.9 Å². The zero-order chi connectivity index (χ0) is 27.6. The Morgan fingerprint density at radius 1 is 1.08 bits per heavy atom. The van der Waals surface area contributed by atoms with Gasteiger partial charge in [-0.1, -0.05) is 48.1 Å². The third kappa shape index (κ3) is 5.06. The summed E-state index contributed by atoms with van der Waals surface area (Å²) in [5.41, 5.74) is 3.06. The number of ketones is 1. The van der Waals surface area contributed by atoms with Gasteiger partial charge in [0.25, 0.3) is 5.78 Å². The summed E-state index contributed by atoms with van der Waals surface area (Å²) in [6, 6.07) is 11.6. The molecule has 38 heavy (non-hydrogen) atoms. The molecule has 8 nitrogen and oxygen atoms in total. The van der Waals surface area contributed by atoms with Gasteiger partial charge in [-0.15, -0.1) is 0 Å². The van der Waals surface area contributed by atoms with Gasteiger partial charge in [0.1, 0.15) is 16.4 Å². The molecule has 1 unspecified atom stereocenters. The van der Waals surface area contributed by atoms with E-state index in [0.29, 0.717) is 29.2 Å². The summed E-state index contributed by atoms with van der Waals surface area (Å²) in [6.45, 7) is 9.82. The van der Waals surface area contributed by atoms with Gasteiger partial charge in [0.15, 0.2) is 5.13 Å². The lowest BCUT2D eigenvalue weighted by Gasteiger charge is -2.23. The second kappa shape index (κ2) is 11.2. The van der Waals surface area contributed by atoms with Crippen molar-refractivity contribution in [2.45, 2.75) is 47.1 Å². The standard InChI is InChI=1S/C29H30N2O6S/c1-6-14-37-20-12-10-19(11-13-20)23-22(24(32)21-15-16(3)8-9-17(21)4)25(33)27(34)31(23)29-30-18(5)26(38-29)28(35)36-7-2/h8-13,15,23,32H,6-7,14H2,1-5H3. The number of hydrogen-bond donors (Lipinski definition) is 1. The second-order valence-electron chi connectivity index (χ2n) is 9.04. The van der Waals surface area contributed by atoms with Gasteiger partial charge in [-0.25, -0.2) is 9.78 Å². The van der Waals surface area contributed by atoms with Crippen LogP contribution in [0.4, 0.5) is 5.13 Å². The van der Waals surface area contributed by atoms with Gasteiger partial charge in [-0.3, -0.25) is 14.5 Å². The largest absolute Gasteiger partial charge is 0.507 e. The van der Waals surface area contributed by atoms with E-state index < -0.39 is 23.7 Å². The van der Waals surface area contributed by atoms with Crippen LogP contribution in [-0.2, 0) is 14.3 Å². The lowest BCUT2D eigenvalue weighted by atomic mass is 9.93. The molecule has 1 atom stereocenters. The molecule has 2 aromatic carbocycles. The van der Waals surface area contributed by atoms with E-state index in [9.17, 15) is 19.5 Å². The average Bonchev–Trinajstić information content (AvgIpc) is 3.41. The van der Waals surface area contributed by atoms with Crippen LogP contribution in [0.15, 0.2) is 48.0 Å². The monoisotopic (exact) mass is 534 g/mol. The topological polar surface area (TPSA) is 106 Å². The number of thiazole rings is 1. The molecular formula is C29H30N2O6S. The van der Waals surface area contributed by atoms with Crippen LogP contribution in [0.2, 0.25) is 0 Å². The molecule has 9 heteroatoms. The third-order valence-electron chi connectivity index (χ3n) is 6.21. The number of aliphatic hydroxyl groups excluding tert-OH is 1. The van der Waals surface area contributed by atoms with E-state index in [1.807, 2.05) is 32.9 Å². The van der Waals surface area contributed by atoms with Crippen molar-refractivity contribution in [2.75, 3.05) is 18.1 Å². The van der Waals surface area contributed by atoms with Crippen molar-refractivity contribution < 1.29 is 29.0 Å². The second-order valence-corrected chi connectivity index (χ2v) is 10.0. The van der Waals surface area contributed by atoms with Gasteiger partial charge in [-0.05, 0) is 63.4 Å². The highest BCUT2D eigenvalue weighted by Crippen LogP contribution is 2.44. The molecule has 4 rings (SSSR count). The summed E-state index contributed by atoms with van der Waals surface area (Å²) in [7, 11) is 0. The highest BCUT2D eigenvalue weighted by atomic mass is 32.1. The van der Waals surface area contributed by atoms with Gasteiger partial charge < -0.3 is 14.6 Å². The Bertz CT molecular complexity index is 1420. The molecule has 1 aliphatic rings. The minimum absolute atomic E-state index is 0.0449. The highest BCUT2D eigenvalue weighted by molar-refractivity contribution is 7.17. The first-order valence-electron chi connectivity index (χ1n) is 12.4. The first-order chi connectivity index (χ1) is 18.2. The van der Waals surface area contributed by atoms with Crippen molar-refractivity contribution >= 4 is 39.9 Å². The molecule has 1 saturated heterocycles. The summed E-state index contributed by atoms with van der Waals surface area (Å²) in [6.07, 6.45) is 0.851. The van der Waals surface area contributed by atoms with Crippen molar-refractivity contribution in [3.05, 3.63) is 80.9 Å². The number of aromatic nitrogens is 1. The molecule has 0 saturated carbocycles. The SMILES string of the molecule is CCCOc1ccc(C2C(=C(O)c3cc(C)ccc3C)C(=O)C(=O)N2c2nc(C)c(C(=O)OCC)s2)cc1. The Kier molecular flexibility index (Phi) is 7.97. The van der Waals surface area contributed by atoms with Gasteiger partial charge in [0, 0.05) is 5.56 Å². The molecule has 1 fully saturated rings. The van der Waals surface area contributed by atoms with Crippen molar-refractivity contribution in [2.24, 2.45) is 0 Å². The van der Waals surface area contributed by atoms with Crippen LogP contribution in [-0.4, -0.2) is 41.0 Å². The van der Waals surface area contributed by atoms with Gasteiger partial charge in [-0.2, -0.15) is 0 Å². The number of aliphatic hydroxyl groups is 1. The summed E-state index contributed by atoms with van der Waals surface area (Å²) >= 11 is 0.977. The lowest BCUT2D eigenvalue weighted by Crippen LogP contribution is -2.29. The van der Waals surface area contributed by atoms with E-state index >= 15 is 0 Å². The molecule has 2 heterocycles. The van der Waals surface area contributed by atoms with E-state index in [-0.39, 0.29) is 27.9 Å². The molecule has 3 aromatic rings. The number of Topliss-reactive ketones (excluding diaryl/α,β-unsaturated/α-hetero) is 1. The van der Waals surface area contributed by atoms with Crippen molar-refractivity contribution in [1.82, 2.24) is 4.98 Å². The average molecular weight is 535 g/mol. The van der Waals surface area contributed by atoms with Crippen LogP contribution >= 0.6 is 11.3 Å². The van der Waals surface area contributed by atoms with Crippen LogP contribution < -0.4 is 9.64 Å². The molecule has 0 bridgehead atoms. The normalized spacial score (nSPS) is 16.7. The summed E-state index contributed by atoms with van der Waals surface area (Å²) in [5, 5.41) is 11.6. The number of aryl methyl sites for hydroxylation is 3. The maximum Gasteiger partial charge on any atom is 0.350 e. The van der Waals surface area contributed by atoms with E-state index in [0.717, 1.165) is 28.9 Å². The quantitative estimate of drug-likeness (QED) is 0.172. The van der Waals surface area contributed by atoms with Gasteiger partial charge in [0.2, 0.25) is 0 Å². The zero-order valence-electron chi connectivity index (χ0n) is 22.0. The first kappa shape index (κ1) is 27.1. The van der Waals surface area contributed by atoms with Crippen LogP contribution in [0.5, 0.6) is 5.75 Å². The summed E-state index contributed by atoms with van der Waals surface area (Å²) in [5.74, 6) is -1.82. The minimum Gasteiger partial charge on any atom is -0.507 e. The Morgan fingerprint density at radius 2 is 1.79 bits per heavy atom. The fourth-order valence-corrected chi connectivity index (χ4v) is 5.31. The number of ether oxygens (including phenoxy) is 2. The van der Waals surface area contributed by atoms with E-state index in [1.165, 1.54) is 4.90 Å². The molecule has 1 aromatic heterocycles. The smallest absolute Gasteiger partial charge is 0.350 e. The van der Waals surface area contributed by atoms with Crippen LogP contribution in [0, 0.1) is 20.8 Å². The van der Waals surface area contributed by atoms with Crippen molar-refractivity contribution in [3.63, 3.8) is 0 Å². The van der Waals surface area contributed by atoms with Crippen LogP contribution in [0.3, 0.4) is 0 Å². The number of esters is 1.